The van der Waals surface area contributed by atoms with Gasteiger partial charge in [0.05, 0.1) is 23.5 Å². The van der Waals surface area contributed by atoms with Crippen LogP contribution in [0.25, 0.3) is 0 Å². The van der Waals surface area contributed by atoms with Crippen LogP contribution in [-0.4, -0.2) is 45.0 Å². The van der Waals surface area contributed by atoms with E-state index in [1.807, 2.05) is 30.2 Å². The van der Waals surface area contributed by atoms with Gasteiger partial charge < -0.3 is 10.2 Å². The highest BCUT2D eigenvalue weighted by Gasteiger charge is 2.40. The summed E-state index contributed by atoms with van der Waals surface area (Å²) in [5.74, 6) is 0.479. The molecule has 1 saturated heterocycles. The molecule has 2 atom stereocenters. The molecule has 2 aliphatic rings. The maximum Gasteiger partial charge on any atom is 0.254 e. The molecule has 0 unspecified atom stereocenters. The highest BCUT2D eigenvalue weighted by atomic mass is 16.2. The minimum absolute atomic E-state index is 0.0341. The average molecular weight is 353 g/mol. The lowest BCUT2D eigenvalue weighted by molar-refractivity contribution is -0.128. The van der Waals surface area contributed by atoms with E-state index in [1.165, 1.54) is 0 Å². The van der Waals surface area contributed by atoms with Crippen molar-refractivity contribution in [2.75, 3.05) is 13.1 Å². The van der Waals surface area contributed by atoms with Crippen LogP contribution >= 0.6 is 0 Å². The fourth-order valence-electron chi connectivity index (χ4n) is 3.90. The highest BCUT2D eigenvalue weighted by Crippen LogP contribution is 2.40. The van der Waals surface area contributed by atoms with Gasteiger partial charge in [0.25, 0.3) is 5.91 Å². The predicted octanol–water partition coefficient (Wildman–Crippen LogP) is 2.02. The largest absolute Gasteiger partial charge is 0.352 e. The van der Waals surface area contributed by atoms with Gasteiger partial charge >= 0.3 is 0 Å². The van der Waals surface area contributed by atoms with E-state index in [9.17, 15) is 9.59 Å². The van der Waals surface area contributed by atoms with Crippen LogP contribution in [0.4, 0.5) is 0 Å². The molecule has 2 fully saturated rings. The van der Waals surface area contributed by atoms with Crippen molar-refractivity contribution in [2.24, 2.45) is 5.92 Å². The smallest absolute Gasteiger partial charge is 0.254 e. The van der Waals surface area contributed by atoms with E-state index in [4.69, 9.17) is 0 Å². The molecule has 0 radical (unpaired) electrons. The number of aromatic amines is 1. The number of carbonyl (C=O) groups excluding carboxylic acids is 2. The zero-order chi connectivity index (χ0) is 18.1. The first-order chi connectivity index (χ1) is 12.7. The number of likely N-dealkylation sites (tertiary alicyclic amines) is 1. The van der Waals surface area contributed by atoms with Crippen LogP contribution in [0.5, 0.6) is 0 Å². The van der Waals surface area contributed by atoms with Crippen LogP contribution in [-0.2, 0) is 4.79 Å². The molecular weight excluding hydrogens is 330 g/mol. The minimum atomic E-state index is -0.118. The monoisotopic (exact) mass is 353 g/mol. The third kappa shape index (κ3) is 3.09. The van der Waals surface area contributed by atoms with Gasteiger partial charge in [-0.3, -0.25) is 19.7 Å². The van der Waals surface area contributed by atoms with Crippen molar-refractivity contribution in [1.82, 2.24) is 25.4 Å². The molecule has 3 heterocycles. The molecule has 2 amide bonds. The number of carbonyl (C=O) groups is 2. The molecule has 7 nitrogen and oxygen atoms in total. The molecule has 26 heavy (non-hydrogen) atoms. The zero-order valence-electron chi connectivity index (χ0n) is 14.8. The lowest BCUT2D eigenvalue weighted by atomic mass is 9.94. The fraction of sp³-hybridized carbons (Fsp3) is 0.474. The Labute approximate surface area is 152 Å². The maximum atomic E-state index is 12.6. The number of H-pyrrole nitrogens is 1. The van der Waals surface area contributed by atoms with Gasteiger partial charge in [0.2, 0.25) is 5.91 Å². The number of nitrogens with zero attached hydrogens (tertiary/aromatic N) is 3. The Morgan fingerprint density at radius 3 is 2.92 bits per heavy atom. The number of rotatable bonds is 6. The SMILES string of the molecule is CCN1C(=O)C[C@@H](CNC(=O)c2cn[nH]c2C2CC2)[C@@H]1c1cccnc1. The van der Waals surface area contributed by atoms with Crippen molar-refractivity contribution in [3.63, 3.8) is 0 Å². The summed E-state index contributed by atoms with van der Waals surface area (Å²) in [6, 6.07) is 3.83. The van der Waals surface area contributed by atoms with Gasteiger partial charge in [-0.25, -0.2) is 0 Å². The lowest BCUT2D eigenvalue weighted by Gasteiger charge is -2.27. The second-order valence-corrected chi connectivity index (χ2v) is 7.06. The summed E-state index contributed by atoms with van der Waals surface area (Å²) in [5, 5.41) is 10.00. The quantitative estimate of drug-likeness (QED) is 0.831. The molecule has 7 heteroatoms. The average Bonchev–Trinajstić information content (AvgIpc) is 3.29. The van der Waals surface area contributed by atoms with Gasteiger partial charge in [-0.2, -0.15) is 5.10 Å². The second kappa shape index (κ2) is 6.90. The summed E-state index contributed by atoms with van der Waals surface area (Å²) in [4.78, 5) is 31.1. The summed E-state index contributed by atoms with van der Waals surface area (Å²) in [6.45, 7) is 3.09. The number of hydrogen-bond donors (Lipinski definition) is 2. The van der Waals surface area contributed by atoms with Gasteiger partial charge in [0.1, 0.15) is 0 Å². The van der Waals surface area contributed by atoms with Gasteiger partial charge in [0, 0.05) is 43.7 Å². The molecule has 1 aliphatic heterocycles. The first kappa shape index (κ1) is 16.8. The summed E-state index contributed by atoms with van der Waals surface area (Å²) in [5.41, 5.74) is 2.58. The molecule has 0 spiro atoms. The summed E-state index contributed by atoms with van der Waals surface area (Å²) < 4.78 is 0. The Kier molecular flexibility index (Phi) is 4.44. The van der Waals surface area contributed by atoms with E-state index in [0.29, 0.717) is 31.0 Å². The van der Waals surface area contributed by atoms with Crippen molar-refractivity contribution in [3.8, 4) is 0 Å². The van der Waals surface area contributed by atoms with Crippen LogP contribution in [0.2, 0.25) is 0 Å². The standard InChI is InChI=1S/C19H23N5O2/c1-2-24-16(25)8-14(18(24)13-4-3-7-20-9-13)10-21-19(26)15-11-22-23-17(15)12-5-6-12/h3-4,7,9,11-12,14,18H,2,5-6,8,10H2,1H3,(H,21,26)(H,22,23)/t14-,18-/m0/s1. The Morgan fingerprint density at radius 1 is 1.38 bits per heavy atom. The van der Waals surface area contributed by atoms with Crippen LogP contribution in [0, 0.1) is 5.92 Å². The molecule has 0 bridgehead atoms. The Hall–Kier alpha value is -2.70. The first-order valence-corrected chi connectivity index (χ1v) is 9.20. The second-order valence-electron chi connectivity index (χ2n) is 7.06. The van der Waals surface area contributed by atoms with Crippen molar-refractivity contribution in [2.45, 2.75) is 38.1 Å². The normalized spacial score (nSPS) is 22.7. The van der Waals surface area contributed by atoms with Gasteiger partial charge in [0.15, 0.2) is 0 Å². The fourth-order valence-corrected chi connectivity index (χ4v) is 3.90. The van der Waals surface area contributed by atoms with E-state index in [1.54, 1.807) is 12.4 Å². The molecule has 1 saturated carbocycles. The molecule has 2 N–H and O–H groups in total. The molecule has 2 aromatic rings. The third-order valence-electron chi connectivity index (χ3n) is 5.33. The molecule has 2 aromatic heterocycles. The van der Waals surface area contributed by atoms with E-state index in [0.717, 1.165) is 24.1 Å². The predicted molar refractivity (Wildman–Crippen MR) is 95.4 cm³/mol. The summed E-state index contributed by atoms with van der Waals surface area (Å²) in [7, 11) is 0. The van der Waals surface area contributed by atoms with Crippen LogP contribution in [0.1, 0.15) is 59.8 Å². The summed E-state index contributed by atoms with van der Waals surface area (Å²) >= 11 is 0. The Balaban J connectivity index is 1.48. The lowest BCUT2D eigenvalue weighted by Crippen LogP contribution is -2.34. The van der Waals surface area contributed by atoms with E-state index in [-0.39, 0.29) is 23.8 Å². The van der Waals surface area contributed by atoms with Crippen LogP contribution in [0.3, 0.4) is 0 Å². The van der Waals surface area contributed by atoms with Crippen molar-refractivity contribution in [1.29, 1.82) is 0 Å². The number of aromatic nitrogens is 3. The van der Waals surface area contributed by atoms with Crippen LogP contribution < -0.4 is 5.32 Å². The van der Waals surface area contributed by atoms with Gasteiger partial charge in [-0.15, -0.1) is 0 Å². The Morgan fingerprint density at radius 2 is 2.23 bits per heavy atom. The molecule has 4 rings (SSSR count). The number of nitrogens with one attached hydrogen (secondary N) is 2. The molecule has 136 valence electrons. The third-order valence-corrected chi connectivity index (χ3v) is 5.33. The van der Waals surface area contributed by atoms with E-state index >= 15 is 0 Å². The van der Waals surface area contributed by atoms with Crippen LogP contribution in [0.15, 0.2) is 30.7 Å². The van der Waals surface area contributed by atoms with Crippen molar-refractivity contribution in [3.05, 3.63) is 47.5 Å². The molecular formula is C19H23N5O2. The maximum absolute atomic E-state index is 12.6. The number of hydrogen-bond acceptors (Lipinski definition) is 4. The summed E-state index contributed by atoms with van der Waals surface area (Å²) in [6.07, 6.45) is 7.78. The first-order valence-electron chi connectivity index (χ1n) is 9.20. The highest BCUT2D eigenvalue weighted by molar-refractivity contribution is 5.95. The zero-order valence-corrected chi connectivity index (χ0v) is 14.8. The minimum Gasteiger partial charge on any atom is -0.352 e. The van der Waals surface area contributed by atoms with Gasteiger partial charge in [-0.05, 0) is 31.4 Å². The number of pyridine rings is 1. The van der Waals surface area contributed by atoms with Gasteiger partial charge in [-0.1, -0.05) is 6.07 Å². The Bertz CT molecular complexity index is 799. The van der Waals surface area contributed by atoms with E-state index in [2.05, 4.69) is 20.5 Å². The van der Waals surface area contributed by atoms with E-state index < -0.39 is 0 Å². The van der Waals surface area contributed by atoms with Crippen molar-refractivity contribution >= 4 is 11.8 Å². The molecule has 0 aromatic carbocycles. The topological polar surface area (TPSA) is 91.0 Å². The van der Waals surface area contributed by atoms with Crippen molar-refractivity contribution < 1.29 is 9.59 Å². The molecule has 1 aliphatic carbocycles. The number of amides is 2.